The van der Waals surface area contributed by atoms with Crippen molar-refractivity contribution >= 4 is 37.6 Å². The summed E-state index contributed by atoms with van der Waals surface area (Å²) in [5.74, 6) is 0.816. The SMILES string of the molecule is CC(C)(Cn1nc(Cc2cccc3ccccc23)c2c(N)ncnc21)C1CCN(S(C)(=O)=O)CC1. The summed E-state index contributed by atoms with van der Waals surface area (Å²) in [5.41, 5.74) is 9.04. The lowest BCUT2D eigenvalue weighted by atomic mass is 9.74. The highest BCUT2D eigenvalue weighted by molar-refractivity contribution is 7.88. The third kappa shape index (κ3) is 4.62. The molecule has 0 amide bonds. The van der Waals surface area contributed by atoms with Gasteiger partial charge < -0.3 is 5.73 Å². The van der Waals surface area contributed by atoms with Crippen LogP contribution in [0.1, 0.15) is 37.9 Å². The molecule has 5 rings (SSSR count). The van der Waals surface area contributed by atoms with Crippen LogP contribution in [0.25, 0.3) is 21.8 Å². The molecule has 35 heavy (non-hydrogen) atoms. The summed E-state index contributed by atoms with van der Waals surface area (Å²) < 4.78 is 27.4. The molecule has 2 aromatic heterocycles. The van der Waals surface area contributed by atoms with E-state index in [9.17, 15) is 8.42 Å². The molecule has 0 spiro atoms. The third-order valence-electron chi connectivity index (χ3n) is 7.45. The highest BCUT2D eigenvalue weighted by atomic mass is 32.2. The van der Waals surface area contributed by atoms with E-state index in [1.165, 1.54) is 28.9 Å². The van der Waals surface area contributed by atoms with Crippen molar-refractivity contribution in [1.82, 2.24) is 24.1 Å². The maximum Gasteiger partial charge on any atom is 0.211 e. The summed E-state index contributed by atoms with van der Waals surface area (Å²) in [5, 5.41) is 8.22. The maximum absolute atomic E-state index is 11.9. The Labute approximate surface area is 206 Å². The Morgan fingerprint density at radius 1 is 1.06 bits per heavy atom. The molecule has 1 aliphatic rings. The number of hydrogen-bond acceptors (Lipinski definition) is 6. The third-order valence-corrected chi connectivity index (χ3v) is 8.76. The fraction of sp³-hybridized carbons (Fsp3) is 0.423. The Kier molecular flexibility index (Phi) is 6.01. The summed E-state index contributed by atoms with van der Waals surface area (Å²) in [6.45, 7) is 6.26. The molecule has 0 unspecified atom stereocenters. The van der Waals surface area contributed by atoms with Crippen LogP contribution in [0, 0.1) is 11.3 Å². The zero-order chi connectivity index (χ0) is 24.8. The van der Waals surface area contributed by atoms with Gasteiger partial charge in [0, 0.05) is 26.1 Å². The summed E-state index contributed by atoms with van der Waals surface area (Å²) >= 11 is 0. The smallest absolute Gasteiger partial charge is 0.211 e. The number of nitrogen functional groups attached to an aromatic ring is 1. The van der Waals surface area contributed by atoms with Crippen molar-refractivity contribution in [3.05, 3.63) is 60.0 Å². The zero-order valence-electron chi connectivity index (χ0n) is 20.5. The predicted octanol–water partition coefficient (Wildman–Crippen LogP) is 3.85. The monoisotopic (exact) mass is 492 g/mol. The molecule has 2 aromatic carbocycles. The fourth-order valence-corrected chi connectivity index (χ4v) is 6.32. The second-order valence-corrected chi connectivity index (χ2v) is 12.3. The van der Waals surface area contributed by atoms with Crippen LogP contribution in [0.4, 0.5) is 5.82 Å². The van der Waals surface area contributed by atoms with E-state index in [0.717, 1.165) is 29.6 Å². The van der Waals surface area contributed by atoms with E-state index in [-0.39, 0.29) is 5.41 Å². The number of hydrogen-bond donors (Lipinski definition) is 1. The topological polar surface area (TPSA) is 107 Å². The summed E-state index contributed by atoms with van der Waals surface area (Å²) in [6, 6.07) is 14.7. The van der Waals surface area contributed by atoms with Gasteiger partial charge in [0.15, 0.2) is 5.65 Å². The molecule has 3 heterocycles. The molecular weight excluding hydrogens is 460 g/mol. The van der Waals surface area contributed by atoms with Crippen molar-refractivity contribution in [3.63, 3.8) is 0 Å². The van der Waals surface area contributed by atoms with Crippen LogP contribution in [0.3, 0.4) is 0 Å². The van der Waals surface area contributed by atoms with E-state index >= 15 is 0 Å². The quantitative estimate of drug-likeness (QED) is 0.438. The molecule has 0 saturated carbocycles. The molecule has 8 nitrogen and oxygen atoms in total. The van der Waals surface area contributed by atoms with Gasteiger partial charge >= 0.3 is 0 Å². The van der Waals surface area contributed by atoms with E-state index in [1.807, 2.05) is 10.7 Å². The number of sulfonamides is 1. The number of anilines is 1. The second kappa shape index (κ2) is 8.87. The molecule has 9 heteroatoms. The Bertz CT molecular complexity index is 1480. The molecule has 184 valence electrons. The molecule has 0 bridgehead atoms. The highest BCUT2D eigenvalue weighted by Gasteiger charge is 2.36. The van der Waals surface area contributed by atoms with Crippen molar-refractivity contribution < 1.29 is 8.42 Å². The highest BCUT2D eigenvalue weighted by Crippen LogP contribution is 2.38. The van der Waals surface area contributed by atoms with Gasteiger partial charge in [-0.3, -0.25) is 0 Å². The van der Waals surface area contributed by atoms with Crippen LogP contribution >= 0.6 is 0 Å². The van der Waals surface area contributed by atoms with Crippen molar-refractivity contribution in [2.45, 2.75) is 39.7 Å². The van der Waals surface area contributed by atoms with E-state index in [0.29, 0.717) is 37.8 Å². The van der Waals surface area contributed by atoms with Crippen molar-refractivity contribution in [1.29, 1.82) is 0 Å². The Morgan fingerprint density at radius 3 is 2.51 bits per heavy atom. The van der Waals surface area contributed by atoms with Crippen LogP contribution in [0.5, 0.6) is 0 Å². The van der Waals surface area contributed by atoms with Gasteiger partial charge in [0.2, 0.25) is 10.0 Å². The minimum Gasteiger partial charge on any atom is -0.383 e. The Morgan fingerprint density at radius 2 is 1.77 bits per heavy atom. The van der Waals surface area contributed by atoms with E-state index in [4.69, 9.17) is 10.8 Å². The standard InChI is InChI=1S/C26H32N6O2S/c1-26(2,20-11-13-31(14-12-20)35(3,33)34)16-32-25-23(24(27)28-17-29-25)22(30-32)15-19-9-6-8-18-7-4-5-10-21(18)19/h4-10,17,20H,11-16H2,1-3H3,(H2,27,28,29). The zero-order valence-corrected chi connectivity index (χ0v) is 21.3. The molecule has 1 saturated heterocycles. The maximum atomic E-state index is 11.9. The van der Waals surface area contributed by atoms with Crippen molar-refractivity contribution in [2.75, 3.05) is 25.1 Å². The van der Waals surface area contributed by atoms with Crippen molar-refractivity contribution in [3.8, 4) is 0 Å². The van der Waals surface area contributed by atoms with Gasteiger partial charge in [-0.2, -0.15) is 5.10 Å². The summed E-state index contributed by atoms with van der Waals surface area (Å²) in [7, 11) is -3.14. The second-order valence-electron chi connectivity index (χ2n) is 10.3. The first-order chi connectivity index (χ1) is 16.6. The lowest BCUT2D eigenvalue weighted by Gasteiger charge is -2.39. The summed E-state index contributed by atoms with van der Waals surface area (Å²) in [6.07, 6.45) is 5.08. The number of aromatic nitrogens is 4. The first-order valence-electron chi connectivity index (χ1n) is 12.0. The molecule has 0 radical (unpaired) electrons. The van der Waals surface area contributed by atoms with Crippen LogP contribution in [0.15, 0.2) is 48.8 Å². The number of fused-ring (bicyclic) bond motifs is 2. The number of nitrogens with two attached hydrogens (primary N) is 1. The van der Waals surface area contributed by atoms with Gasteiger partial charge in [-0.25, -0.2) is 27.4 Å². The van der Waals surface area contributed by atoms with Gasteiger partial charge in [0.1, 0.15) is 12.1 Å². The van der Waals surface area contributed by atoms with Crippen molar-refractivity contribution in [2.24, 2.45) is 11.3 Å². The van der Waals surface area contributed by atoms with Gasteiger partial charge in [0.25, 0.3) is 0 Å². The van der Waals surface area contributed by atoms with Crippen LogP contribution < -0.4 is 5.73 Å². The van der Waals surface area contributed by atoms with E-state index in [1.54, 1.807) is 4.31 Å². The fourth-order valence-electron chi connectivity index (χ4n) is 5.45. The lowest BCUT2D eigenvalue weighted by molar-refractivity contribution is 0.114. The van der Waals surface area contributed by atoms with Gasteiger partial charge in [0.05, 0.1) is 17.3 Å². The molecule has 0 aliphatic carbocycles. The minimum absolute atomic E-state index is 0.0982. The van der Waals surface area contributed by atoms with Gasteiger partial charge in [-0.1, -0.05) is 56.3 Å². The molecule has 1 fully saturated rings. The number of piperidine rings is 1. The van der Waals surface area contributed by atoms with E-state index < -0.39 is 10.0 Å². The summed E-state index contributed by atoms with van der Waals surface area (Å²) in [4.78, 5) is 8.82. The van der Waals surface area contributed by atoms with Crippen LogP contribution in [-0.4, -0.2) is 51.8 Å². The molecule has 4 aromatic rings. The lowest BCUT2D eigenvalue weighted by Crippen LogP contribution is -2.42. The van der Waals surface area contributed by atoms with Crippen LogP contribution in [0.2, 0.25) is 0 Å². The average Bonchev–Trinajstić information content (AvgIpc) is 3.16. The molecule has 1 aliphatic heterocycles. The van der Waals surface area contributed by atoms with Gasteiger partial charge in [-0.15, -0.1) is 0 Å². The molecular formula is C26H32N6O2S. The van der Waals surface area contributed by atoms with Crippen LogP contribution in [-0.2, 0) is 23.0 Å². The minimum atomic E-state index is -3.14. The number of nitrogens with zero attached hydrogens (tertiary/aromatic N) is 5. The average molecular weight is 493 g/mol. The predicted molar refractivity (Wildman–Crippen MR) is 139 cm³/mol. The Balaban J connectivity index is 1.46. The Hall–Kier alpha value is -3.04. The molecule has 0 atom stereocenters. The largest absolute Gasteiger partial charge is 0.383 e. The number of benzene rings is 2. The normalized spacial score (nSPS) is 16.3. The van der Waals surface area contributed by atoms with Gasteiger partial charge in [-0.05, 0) is 40.5 Å². The molecule has 2 N–H and O–H groups in total. The first kappa shape index (κ1) is 23.7. The first-order valence-corrected chi connectivity index (χ1v) is 13.9. The van der Waals surface area contributed by atoms with E-state index in [2.05, 4.69) is 60.2 Å². The number of rotatable bonds is 6.